The molecule has 0 saturated heterocycles. The maximum absolute atomic E-state index is 12.3. The van der Waals surface area contributed by atoms with Crippen molar-refractivity contribution in [3.05, 3.63) is 75.5 Å². The summed E-state index contributed by atoms with van der Waals surface area (Å²) in [5.41, 5.74) is 3.60. The van der Waals surface area contributed by atoms with Crippen LogP contribution >= 0.6 is 23.2 Å². The number of anilines is 1. The molecule has 3 rings (SSSR count). The molecule has 0 unspecified atom stereocenters. The number of nitrogens with zero attached hydrogens (tertiary/aromatic N) is 2. The minimum atomic E-state index is -0.221. The Kier molecular flexibility index (Phi) is 4.60. The lowest BCUT2D eigenvalue weighted by Gasteiger charge is -2.08. The normalized spacial score (nSPS) is 10.7. The molecule has 1 aromatic heterocycles. The minimum absolute atomic E-state index is 0.221. The number of benzene rings is 2. The van der Waals surface area contributed by atoms with E-state index in [1.807, 2.05) is 38.1 Å². The number of carbonyl (C=O) groups is 1. The molecule has 0 spiro atoms. The fourth-order valence-electron chi connectivity index (χ4n) is 2.39. The molecule has 0 saturated carbocycles. The average molecular weight is 360 g/mol. The van der Waals surface area contributed by atoms with Crippen molar-refractivity contribution in [2.24, 2.45) is 0 Å². The zero-order valence-electron chi connectivity index (χ0n) is 13.2. The molecule has 2 aromatic carbocycles. The lowest BCUT2D eigenvalue weighted by Crippen LogP contribution is -2.12. The topological polar surface area (TPSA) is 46.9 Å². The fraction of sp³-hybridized carbons (Fsp3) is 0.111. The first kappa shape index (κ1) is 16.6. The molecule has 0 bridgehead atoms. The van der Waals surface area contributed by atoms with E-state index in [4.69, 9.17) is 23.2 Å². The van der Waals surface area contributed by atoms with Crippen LogP contribution in [0.25, 0.3) is 5.69 Å². The van der Waals surface area contributed by atoms with E-state index in [0.717, 1.165) is 17.1 Å². The van der Waals surface area contributed by atoms with E-state index in [1.165, 1.54) is 0 Å². The highest BCUT2D eigenvalue weighted by Crippen LogP contribution is 2.23. The highest BCUT2D eigenvalue weighted by atomic mass is 35.5. The number of hydrogen-bond acceptors (Lipinski definition) is 2. The first-order valence-electron chi connectivity index (χ1n) is 7.35. The van der Waals surface area contributed by atoms with Crippen molar-refractivity contribution in [1.82, 2.24) is 9.78 Å². The monoisotopic (exact) mass is 359 g/mol. The quantitative estimate of drug-likeness (QED) is 0.711. The summed E-state index contributed by atoms with van der Waals surface area (Å²) in [7, 11) is 0. The van der Waals surface area contributed by atoms with E-state index >= 15 is 0 Å². The molecule has 0 aliphatic heterocycles. The predicted molar refractivity (Wildman–Crippen MR) is 97.5 cm³/mol. The van der Waals surface area contributed by atoms with Gasteiger partial charge in [0.05, 0.1) is 32.8 Å². The van der Waals surface area contributed by atoms with E-state index in [-0.39, 0.29) is 5.91 Å². The Morgan fingerprint density at radius 2 is 1.71 bits per heavy atom. The van der Waals surface area contributed by atoms with Gasteiger partial charge in [-0.25, -0.2) is 4.68 Å². The second-order valence-electron chi connectivity index (χ2n) is 5.38. The van der Waals surface area contributed by atoms with Crippen LogP contribution < -0.4 is 5.32 Å². The van der Waals surface area contributed by atoms with E-state index in [1.54, 1.807) is 28.9 Å². The first-order valence-corrected chi connectivity index (χ1v) is 8.11. The number of nitrogens with one attached hydrogen (secondary N) is 1. The summed E-state index contributed by atoms with van der Waals surface area (Å²) in [5, 5.41) is 8.34. The Bertz CT molecular complexity index is 901. The summed E-state index contributed by atoms with van der Waals surface area (Å²) in [6.07, 6.45) is 0. The fourth-order valence-corrected chi connectivity index (χ4v) is 2.69. The second-order valence-corrected chi connectivity index (χ2v) is 6.16. The number of halogens is 2. The molecule has 1 N–H and O–H groups in total. The Morgan fingerprint density at radius 3 is 2.29 bits per heavy atom. The molecule has 0 atom stereocenters. The number of amides is 1. The van der Waals surface area contributed by atoms with Gasteiger partial charge in [-0.1, -0.05) is 35.3 Å². The van der Waals surface area contributed by atoms with Crippen LogP contribution in [0.3, 0.4) is 0 Å². The maximum Gasteiger partial charge on any atom is 0.255 e. The molecule has 3 aromatic rings. The first-order chi connectivity index (χ1) is 11.5. The van der Waals surface area contributed by atoms with Crippen LogP contribution in [0.2, 0.25) is 10.0 Å². The average Bonchev–Trinajstić information content (AvgIpc) is 2.84. The summed E-state index contributed by atoms with van der Waals surface area (Å²) >= 11 is 12.2. The summed E-state index contributed by atoms with van der Waals surface area (Å²) in [6.45, 7) is 3.76. The maximum atomic E-state index is 12.3. The molecule has 0 aliphatic carbocycles. The number of rotatable bonds is 3. The Labute approximate surface area is 150 Å². The largest absolute Gasteiger partial charge is 0.321 e. The SMILES string of the molecule is Cc1nn(-c2ccc(C(=O)Nc3ccccc3Cl)cc2)c(C)c1Cl. The van der Waals surface area contributed by atoms with E-state index in [9.17, 15) is 4.79 Å². The van der Waals surface area contributed by atoms with Crippen molar-refractivity contribution in [3.8, 4) is 5.69 Å². The van der Waals surface area contributed by atoms with Crippen LogP contribution in [0.4, 0.5) is 5.69 Å². The van der Waals surface area contributed by atoms with Crippen LogP contribution in [-0.4, -0.2) is 15.7 Å². The zero-order valence-corrected chi connectivity index (χ0v) is 14.7. The van der Waals surface area contributed by atoms with Crippen LogP contribution in [0.1, 0.15) is 21.7 Å². The summed E-state index contributed by atoms with van der Waals surface area (Å²) in [5.74, 6) is -0.221. The second kappa shape index (κ2) is 6.67. The van der Waals surface area contributed by atoms with Gasteiger partial charge in [0, 0.05) is 5.56 Å². The number of aromatic nitrogens is 2. The van der Waals surface area contributed by atoms with Crippen molar-refractivity contribution in [1.29, 1.82) is 0 Å². The van der Waals surface area contributed by atoms with Gasteiger partial charge in [0.1, 0.15) is 0 Å². The number of para-hydroxylation sites is 1. The number of aryl methyl sites for hydroxylation is 1. The predicted octanol–water partition coefficient (Wildman–Crippen LogP) is 5.05. The highest BCUT2D eigenvalue weighted by Gasteiger charge is 2.12. The molecule has 0 fully saturated rings. The molecule has 1 heterocycles. The van der Waals surface area contributed by atoms with Gasteiger partial charge in [-0.05, 0) is 50.2 Å². The van der Waals surface area contributed by atoms with E-state index < -0.39 is 0 Å². The molecular formula is C18H15Cl2N3O. The third kappa shape index (κ3) is 3.16. The Morgan fingerprint density at radius 1 is 1.04 bits per heavy atom. The van der Waals surface area contributed by atoms with Gasteiger partial charge in [-0.3, -0.25) is 4.79 Å². The summed E-state index contributed by atoms with van der Waals surface area (Å²) in [6, 6.07) is 14.3. The molecule has 122 valence electrons. The van der Waals surface area contributed by atoms with Crippen molar-refractivity contribution >= 4 is 34.8 Å². The van der Waals surface area contributed by atoms with Crippen LogP contribution in [0.15, 0.2) is 48.5 Å². The minimum Gasteiger partial charge on any atom is -0.321 e. The van der Waals surface area contributed by atoms with Gasteiger partial charge in [0.25, 0.3) is 5.91 Å². The van der Waals surface area contributed by atoms with Gasteiger partial charge in [0.15, 0.2) is 0 Å². The lowest BCUT2D eigenvalue weighted by atomic mass is 10.2. The Hall–Kier alpha value is -2.30. The van der Waals surface area contributed by atoms with Gasteiger partial charge in [-0.15, -0.1) is 0 Å². The van der Waals surface area contributed by atoms with Crippen LogP contribution in [0, 0.1) is 13.8 Å². The van der Waals surface area contributed by atoms with Crippen molar-refractivity contribution < 1.29 is 4.79 Å². The summed E-state index contributed by atoms with van der Waals surface area (Å²) in [4.78, 5) is 12.3. The number of carbonyl (C=O) groups excluding carboxylic acids is 1. The van der Waals surface area contributed by atoms with Gasteiger partial charge in [0.2, 0.25) is 0 Å². The van der Waals surface area contributed by atoms with Gasteiger partial charge < -0.3 is 5.32 Å². The summed E-state index contributed by atoms with van der Waals surface area (Å²) < 4.78 is 1.76. The molecule has 24 heavy (non-hydrogen) atoms. The molecule has 0 aliphatic rings. The Balaban J connectivity index is 1.83. The van der Waals surface area contributed by atoms with Crippen LogP contribution in [-0.2, 0) is 0 Å². The zero-order chi connectivity index (χ0) is 17.3. The van der Waals surface area contributed by atoms with Crippen molar-refractivity contribution in [2.75, 3.05) is 5.32 Å². The van der Waals surface area contributed by atoms with E-state index in [2.05, 4.69) is 10.4 Å². The molecule has 0 radical (unpaired) electrons. The standard InChI is InChI=1S/C18H15Cl2N3O/c1-11-17(20)12(2)23(22-11)14-9-7-13(8-10-14)18(24)21-16-6-4-3-5-15(16)19/h3-10H,1-2H3,(H,21,24). The number of hydrogen-bond donors (Lipinski definition) is 1. The third-order valence-electron chi connectivity index (χ3n) is 3.70. The molecular weight excluding hydrogens is 345 g/mol. The van der Waals surface area contributed by atoms with Gasteiger partial charge in [-0.2, -0.15) is 5.10 Å². The smallest absolute Gasteiger partial charge is 0.255 e. The van der Waals surface area contributed by atoms with Gasteiger partial charge >= 0.3 is 0 Å². The van der Waals surface area contributed by atoms with Crippen LogP contribution in [0.5, 0.6) is 0 Å². The van der Waals surface area contributed by atoms with Crippen molar-refractivity contribution in [3.63, 3.8) is 0 Å². The van der Waals surface area contributed by atoms with Crippen molar-refractivity contribution in [2.45, 2.75) is 13.8 Å². The highest BCUT2D eigenvalue weighted by molar-refractivity contribution is 6.34. The van der Waals surface area contributed by atoms with E-state index in [0.29, 0.717) is 21.3 Å². The molecule has 4 nitrogen and oxygen atoms in total. The molecule has 6 heteroatoms. The molecule has 1 amide bonds. The third-order valence-corrected chi connectivity index (χ3v) is 4.58. The lowest BCUT2D eigenvalue weighted by molar-refractivity contribution is 0.102.